The summed E-state index contributed by atoms with van der Waals surface area (Å²) in [5.41, 5.74) is 5.69. The Bertz CT molecular complexity index is 314. The Balaban J connectivity index is 2.27. The molecule has 0 bridgehead atoms. The highest BCUT2D eigenvalue weighted by Gasteiger charge is 2.53. The predicted molar refractivity (Wildman–Crippen MR) is 68.3 cm³/mol. The molecule has 0 aliphatic carbocycles. The average Bonchev–Trinajstić information content (AvgIpc) is 2.43. The molecule has 2 aliphatic heterocycles. The van der Waals surface area contributed by atoms with Gasteiger partial charge in [-0.3, -0.25) is 4.79 Å². The lowest BCUT2D eigenvalue weighted by atomic mass is 9.71. The van der Waals surface area contributed by atoms with Crippen molar-refractivity contribution in [2.75, 3.05) is 5.75 Å². The van der Waals surface area contributed by atoms with E-state index in [0.717, 1.165) is 12.2 Å². The molecule has 1 amide bonds. The molecule has 3 atom stereocenters. The molecule has 4 heteroatoms. The first-order valence-electron chi connectivity index (χ1n) is 5.93. The van der Waals surface area contributed by atoms with Crippen molar-refractivity contribution in [3.63, 3.8) is 0 Å². The number of thioether (sulfide) groups is 1. The highest BCUT2D eigenvalue weighted by molar-refractivity contribution is 8.00. The molecule has 3 unspecified atom stereocenters. The maximum Gasteiger partial charge on any atom is 0.221 e. The van der Waals surface area contributed by atoms with Gasteiger partial charge in [-0.2, -0.15) is 11.8 Å². The Kier molecular flexibility index (Phi) is 2.78. The van der Waals surface area contributed by atoms with Crippen LogP contribution < -0.4 is 11.1 Å². The van der Waals surface area contributed by atoms with E-state index in [1.165, 1.54) is 0 Å². The van der Waals surface area contributed by atoms with Gasteiger partial charge in [-0.15, -0.1) is 0 Å². The summed E-state index contributed by atoms with van der Waals surface area (Å²) in [5, 5.41) is 4.20. The molecule has 0 saturated carbocycles. The Morgan fingerprint density at radius 3 is 2.56 bits per heavy atom. The first-order chi connectivity index (χ1) is 7.23. The molecular weight excluding hydrogens is 220 g/mol. The zero-order chi connectivity index (χ0) is 12.1. The number of rotatable bonds is 1. The molecule has 0 aromatic carbocycles. The van der Waals surface area contributed by atoms with Gasteiger partial charge in [0.2, 0.25) is 5.91 Å². The van der Waals surface area contributed by atoms with Crippen LogP contribution in [0.2, 0.25) is 0 Å². The summed E-state index contributed by atoms with van der Waals surface area (Å²) in [7, 11) is 0. The molecule has 3 N–H and O–H groups in total. The SMILES string of the molecule is CC1(C)CC2C(C(N)=O)CSC2C(C)(C)N1. The van der Waals surface area contributed by atoms with Gasteiger partial charge in [0.25, 0.3) is 0 Å². The number of hydrogen-bond acceptors (Lipinski definition) is 3. The molecule has 0 aromatic heterocycles. The lowest BCUT2D eigenvalue weighted by molar-refractivity contribution is -0.123. The molecule has 2 fully saturated rings. The first kappa shape index (κ1) is 12.2. The summed E-state index contributed by atoms with van der Waals surface area (Å²) in [6.45, 7) is 8.90. The molecule has 2 aliphatic rings. The van der Waals surface area contributed by atoms with Crippen molar-refractivity contribution in [3.05, 3.63) is 0 Å². The third kappa shape index (κ3) is 1.97. The zero-order valence-electron chi connectivity index (χ0n) is 10.5. The highest BCUT2D eigenvalue weighted by atomic mass is 32.2. The third-order valence-electron chi connectivity index (χ3n) is 3.84. The van der Waals surface area contributed by atoms with Crippen LogP contribution in [0, 0.1) is 11.8 Å². The fourth-order valence-electron chi connectivity index (χ4n) is 3.54. The van der Waals surface area contributed by atoms with Gasteiger partial charge in [0.05, 0.1) is 5.92 Å². The number of piperidine rings is 1. The Morgan fingerprint density at radius 1 is 1.38 bits per heavy atom. The summed E-state index contributed by atoms with van der Waals surface area (Å²) >= 11 is 1.91. The monoisotopic (exact) mass is 242 g/mol. The molecule has 0 spiro atoms. The number of fused-ring (bicyclic) bond motifs is 1. The average molecular weight is 242 g/mol. The van der Waals surface area contributed by atoms with Gasteiger partial charge in [0, 0.05) is 22.1 Å². The summed E-state index contributed by atoms with van der Waals surface area (Å²) in [6, 6.07) is 0. The van der Waals surface area contributed by atoms with Crippen molar-refractivity contribution in [2.24, 2.45) is 17.6 Å². The van der Waals surface area contributed by atoms with Crippen LogP contribution in [0.15, 0.2) is 0 Å². The minimum Gasteiger partial charge on any atom is -0.369 e. The fourth-order valence-corrected chi connectivity index (χ4v) is 5.37. The molecule has 3 nitrogen and oxygen atoms in total. The second-order valence-electron chi connectivity index (χ2n) is 6.36. The number of primary amides is 1. The molecule has 2 saturated heterocycles. The summed E-state index contributed by atoms with van der Waals surface area (Å²) < 4.78 is 0. The van der Waals surface area contributed by atoms with E-state index in [1.807, 2.05) is 11.8 Å². The highest BCUT2D eigenvalue weighted by Crippen LogP contribution is 2.49. The minimum absolute atomic E-state index is 0.0654. The third-order valence-corrected chi connectivity index (χ3v) is 5.69. The van der Waals surface area contributed by atoms with E-state index < -0.39 is 0 Å². The Labute approximate surface area is 102 Å². The predicted octanol–water partition coefficient (Wildman–Crippen LogP) is 1.37. The summed E-state index contributed by atoms with van der Waals surface area (Å²) in [6.07, 6.45) is 1.04. The Hall–Kier alpha value is -0.220. The maximum absolute atomic E-state index is 11.5. The van der Waals surface area contributed by atoms with E-state index in [2.05, 4.69) is 33.0 Å². The molecule has 0 aromatic rings. The van der Waals surface area contributed by atoms with Crippen molar-refractivity contribution >= 4 is 17.7 Å². The molecule has 0 radical (unpaired) electrons. The van der Waals surface area contributed by atoms with Gasteiger partial charge in [0.15, 0.2) is 0 Å². The molecule has 2 heterocycles. The number of nitrogens with two attached hydrogens (primary N) is 1. The van der Waals surface area contributed by atoms with Gasteiger partial charge in [-0.05, 0) is 40.0 Å². The van der Waals surface area contributed by atoms with Crippen LogP contribution >= 0.6 is 11.8 Å². The summed E-state index contributed by atoms with van der Waals surface area (Å²) in [5.74, 6) is 1.28. The molecule has 16 heavy (non-hydrogen) atoms. The number of hydrogen-bond donors (Lipinski definition) is 2. The minimum atomic E-state index is -0.117. The van der Waals surface area contributed by atoms with Crippen molar-refractivity contribution in [2.45, 2.75) is 50.4 Å². The van der Waals surface area contributed by atoms with E-state index >= 15 is 0 Å². The standard InChI is InChI=1S/C12H22N2OS/c1-11(2)5-7-8(10(13)15)6-16-9(7)12(3,4)14-11/h7-9,14H,5-6H2,1-4H3,(H2,13,15). The molecule has 2 rings (SSSR count). The number of amides is 1. The van der Waals surface area contributed by atoms with Crippen molar-refractivity contribution in [1.29, 1.82) is 0 Å². The van der Waals surface area contributed by atoms with Crippen LogP contribution in [-0.4, -0.2) is 28.0 Å². The number of nitrogens with one attached hydrogen (secondary N) is 1. The lowest BCUT2D eigenvalue weighted by Crippen LogP contribution is -2.64. The van der Waals surface area contributed by atoms with Crippen LogP contribution in [-0.2, 0) is 4.79 Å². The van der Waals surface area contributed by atoms with Crippen molar-refractivity contribution in [3.8, 4) is 0 Å². The van der Waals surface area contributed by atoms with Gasteiger partial charge < -0.3 is 11.1 Å². The van der Waals surface area contributed by atoms with Crippen LogP contribution in [0.5, 0.6) is 0 Å². The van der Waals surface area contributed by atoms with E-state index in [1.54, 1.807) is 0 Å². The molecular formula is C12H22N2OS. The normalized spacial score (nSPS) is 40.4. The largest absolute Gasteiger partial charge is 0.369 e. The van der Waals surface area contributed by atoms with Gasteiger partial charge >= 0.3 is 0 Å². The van der Waals surface area contributed by atoms with Crippen molar-refractivity contribution < 1.29 is 4.79 Å². The summed E-state index contributed by atoms with van der Waals surface area (Å²) in [4.78, 5) is 11.5. The fraction of sp³-hybridized carbons (Fsp3) is 0.917. The Morgan fingerprint density at radius 2 is 2.00 bits per heavy atom. The smallest absolute Gasteiger partial charge is 0.221 e. The topological polar surface area (TPSA) is 55.1 Å². The number of carbonyl (C=O) groups is 1. The van der Waals surface area contributed by atoms with E-state index in [4.69, 9.17) is 5.73 Å². The van der Waals surface area contributed by atoms with Crippen LogP contribution in [0.1, 0.15) is 34.1 Å². The second-order valence-corrected chi connectivity index (χ2v) is 7.54. The second kappa shape index (κ2) is 3.64. The number of carbonyl (C=O) groups excluding carboxylic acids is 1. The first-order valence-corrected chi connectivity index (χ1v) is 6.98. The van der Waals surface area contributed by atoms with E-state index in [9.17, 15) is 4.79 Å². The van der Waals surface area contributed by atoms with Gasteiger partial charge in [-0.1, -0.05) is 0 Å². The van der Waals surface area contributed by atoms with Gasteiger partial charge in [0.1, 0.15) is 0 Å². The van der Waals surface area contributed by atoms with Crippen molar-refractivity contribution in [1.82, 2.24) is 5.32 Å². The van der Waals surface area contributed by atoms with E-state index in [0.29, 0.717) is 11.2 Å². The zero-order valence-corrected chi connectivity index (χ0v) is 11.4. The quantitative estimate of drug-likeness (QED) is 0.730. The van der Waals surface area contributed by atoms with Crippen LogP contribution in [0.3, 0.4) is 0 Å². The molecule has 92 valence electrons. The van der Waals surface area contributed by atoms with Crippen LogP contribution in [0.25, 0.3) is 0 Å². The van der Waals surface area contributed by atoms with Gasteiger partial charge in [-0.25, -0.2) is 0 Å². The maximum atomic E-state index is 11.5. The lowest BCUT2D eigenvalue weighted by Gasteiger charge is -2.50. The van der Waals surface area contributed by atoms with Crippen LogP contribution in [0.4, 0.5) is 0 Å². The van der Waals surface area contributed by atoms with E-state index in [-0.39, 0.29) is 22.9 Å².